The molecule has 2 heterocycles. The topological polar surface area (TPSA) is 12.5 Å². The second-order valence-electron chi connectivity index (χ2n) is 18.6. The number of ether oxygens (including phenoxy) is 1. The molecule has 2 aliphatic carbocycles. The molecule has 11 aromatic carbocycles. The summed E-state index contributed by atoms with van der Waals surface area (Å²) in [5.41, 5.74) is 19.7. The van der Waals surface area contributed by atoms with E-state index in [2.05, 4.69) is 254 Å². The van der Waals surface area contributed by atoms with E-state index >= 15 is 0 Å². The number of para-hydroxylation sites is 3. The van der Waals surface area contributed by atoms with Crippen molar-refractivity contribution in [3.8, 4) is 44.9 Å². The summed E-state index contributed by atoms with van der Waals surface area (Å²) in [5.74, 6) is 1.77. The van der Waals surface area contributed by atoms with Gasteiger partial charge in [-0.15, -0.1) is 0 Å². The average Bonchev–Trinajstić information content (AvgIpc) is 3.87. The van der Waals surface area contributed by atoms with Crippen LogP contribution in [-0.2, 0) is 10.8 Å². The van der Waals surface area contributed by atoms with Crippen LogP contribution >= 0.6 is 11.8 Å². The summed E-state index contributed by atoms with van der Waals surface area (Å²) in [6, 6.07) is 92.5. The van der Waals surface area contributed by atoms with Gasteiger partial charge in [-0.25, -0.2) is 0 Å². The van der Waals surface area contributed by atoms with Gasteiger partial charge in [0, 0.05) is 37.4 Å². The highest BCUT2D eigenvalue weighted by molar-refractivity contribution is 7.99. The van der Waals surface area contributed by atoms with Crippen molar-refractivity contribution in [1.29, 1.82) is 0 Å². The average molecular weight is 896 g/mol. The van der Waals surface area contributed by atoms with Crippen molar-refractivity contribution in [3.05, 3.63) is 293 Å². The van der Waals surface area contributed by atoms with Gasteiger partial charge in [0.1, 0.15) is 11.5 Å². The van der Waals surface area contributed by atoms with Gasteiger partial charge in [-0.1, -0.05) is 206 Å². The van der Waals surface area contributed by atoms with Gasteiger partial charge < -0.3 is 9.64 Å². The van der Waals surface area contributed by atoms with Crippen LogP contribution in [0.25, 0.3) is 44.2 Å². The molecule has 0 saturated heterocycles. The summed E-state index contributed by atoms with van der Waals surface area (Å²) in [6.45, 7) is 0. The van der Waals surface area contributed by atoms with Crippen molar-refractivity contribution in [2.75, 3.05) is 4.90 Å². The Labute approximate surface area is 405 Å². The van der Waals surface area contributed by atoms with E-state index < -0.39 is 10.8 Å². The molecule has 2 aliphatic heterocycles. The molecule has 0 aromatic heterocycles. The molecule has 0 bridgehead atoms. The van der Waals surface area contributed by atoms with Crippen LogP contribution in [0.15, 0.2) is 259 Å². The Bertz CT molecular complexity index is 3850. The second-order valence-corrected chi connectivity index (χ2v) is 19.7. The third-order valence-electron chi connectivity index (χ3n) is 15.4. The van der Waals surface area contributed by atoms with E-state index in [0.29, 0.717) is 0 Å². The maximum atomic E-state index is 6.76. The largest absolute Gasteiger partial charge is 0.457 e. The quantitative estimate of drug-likeness (QED) is 0.175. The summed E-state index contributed by atoms with van der Waals surface area (Å²) in [5, 5.41) is 2.39. The van der Waals surface area contributed by atoms with Crippen LogP contribution in [0.4, 0.5) is 17.1 Å². The number of hydrogen-bond donors (Lipinski definition) is 0. The minimum atomic E-state index is -0.616. The SMILES string of the molecule is c1ccc(-c2ccccc2N(c2cccc3c2-c2ccccc2C32c3ccccc3Oc3ccccc32)c2cccc3cc4c(cc23)C2(c3ccccc3Sc3ccccc32)c2ccccc2-4)cc1. The molecule has 15 rings (SSSR count). The molecule has 69 heavy (non-hydrogen) atoms. The summed E-state index contributed by atoms with van der Waals surface area (Å²) in [6.07, 6.45) is 0. The molecule has 2 spiro atoms. The Balaban J connectivity index is 1.07. The van der Waals surface area contributed by atoms with E-state index in [-0.39, 0.29) is 0 Å². The highest BCUT2D eigenvalue weighted by Gasteiger charge is 2.53. The van der Waals surface area contributed by atoms with E-state index in [0.717, 1.165) is 45.3 Å². The Morgan fingerprint density at radius 2 is 0.812 bits per heavy atom. The smallest absolute Gasteiger partial charge is 0.132 e. The molecule has 0 unspecified atom stereocenters. The highest BCUT2D eigenvalue weighted by atomic mass is 32.2. The molecule has 3 heteroatoms. The molecule has 322 valence electrons. The molecule has 0 N–H and O–H groups in total. The molecule has 0 atom stereocenters. The molecular formula is C66H41NOS. The molecule has 0 fully saturated rings. The Hall–Kier alpha value is -8.37. The first-order valence-corrected chi connectivity index (χ1v) is 24.6. The third kappa shape index (κ3) is 5.12. The van der Waals surface area contributed by atoms with E-state index in [1.54, 1.807) is 0 Å². The predicted molar refractivity (Wildman–Crippen MR) is 283 cm³/mol. The van der Waals surface area contributed by atoms with Gasteiger partial charge in [0.15, 0.2) is 0 Å². The van der Waals surface area contributed by atoms with Crippen LogP contribution in [0.2, 0.25) is 0 Å². The minimum Gasteiger partial charge on any atom is -0.457 e. The lowest BCUT2D eigenvalue weighted by Crippen LogP contribution is -2.32. The summed E-state index contributed by atoms with van der Waals surface area (Å²) in [4.78, 5) is 5.18. The van der Waals surface area contributed by atoms with Gasteiger partial charge in [-0.05, 0) is 116 Å². The van der Waals surface area contributed by atoms with E-state index in [1.165, 1.54) is 81.8 Å². The standard InChI is InChI=1S/C66H41NOS/c1-2-20-42(21-3-1)44-23-6-13-33-57(44)67(59-35-19-32-55-64(59)46-25-5-8-27-50(46)65(55)51-28-9-14-36-60(51)68-61-37-15-10-29-52(61)65)58-34-18-22-43-40-48-45-24-4-7-26-49(45)66(56(48)41-47(43)58)53-30-11-16-38-62(53)69-63-39-17-12-31-54(63)66/h1-41H. The first-order chi connectivity index (χ1) is 34.2. The van der Waals surface area contributed by atoms with E-state index in [1.807, 2.05) is 11.8 Å². The van der Waals surface area contributed by atoms with Gasteiger partial charge in [0.2, 0.25) is 0 Å². The van der Waals surface area contributed by atoms with Gasteiger partial charge >= 0.3 is 0 Å². The van der Waals surface area contributed by atoms with Gasteiger partial charge in [-0.2, -0.15) is 0 Å². The molecule has 11 aromatic rings. The zero-order valence-corrected chi connectivity index (χ0v) is 38.3. The summed E-state index contributed by atoms with van der Waals surface area (Å²) >= 11 is 1.89. The van der Waals surface area contributed by atoms with Crippen molar-refractivity contribution in [3.63, 3.8) is 0 Å². The van der Waals surface area contributed by atoms with Gasteiger partial charge in [0.25, 0.3) is 0 Å². The van der Waals surface area contributed by atoms with Crippen LogP contribution in [0, 0.1) is 0 Å². The molecule has 2 nitrogen and oxygen atoms in total. The molecule has 0 saturated carbocycles. The zero-order chi connectivity index (χ0) is 45.3. The number of fused-ring (bicyclic) bond motifs is 19. The van der Waals surface area contributed by atoms with Crippen molar-refractivity contribution in [2.45, 2.75) is 20.6 Å². The lowest BCUT2D eigenvalue weighted by Gasteiger charge is -2.40. The Morgan fingerprint density at radius 3 is 1.52 bits per heavy atom. The van der Waals surface area contributed by atoms with Crippen molar-refractivity contribution < 1.29 is 4.74 Å². The molecule has 0 radical (unpaired) electrons. The van der Waals surface area contributed by atoms with Crippen molar-refractivity contribution in [2.24, 2.45) is 0 Å². The number of benzene rings is 11. The number of rotatable bonds is 4. The first kappa shape index (κ1) is 38.7. The van der Waals surface area contributed by atoms with Gasteiger partial charge in [0.05, 0.1) is 27.9 Å². The fraction of sp³-hybridized carbons (Fsp3) is 0.0303. The normalized spacial score (nSPS) is 14.4. The lowest BCUT2D eigenvalue weighted by molar-refractivity contribution is 0.436. The lowest BCUT2D eigenvalue weighted by atomic mass is 9.66. The predicted octanol–water partition coefficient (Wildman–Crippen LogP) is 17.3. The first-order valence-electron chi connectivity index (χ1n) is 23.8. The highest BCUT2D eigenvalue weighted by Crippen LogP contribution is 2.66. The summed E-state index contributed by atoms with van der Waals surface area (Å²) < 4.78 is 6.76. The van der Waals surface area contributed by atoms with Crippen LogP contribution in [0.5, 0.6) is 11.5 Å². The minimum absolute atomic E-state index is 0.512. The second kappa shape index (κ2) is 14.6. The van der Waals surface area contributed by atoms with Crippen LogP contribution in [0.1, 0.15) is 44.5 Å². The maximum absolute atomic E-state index is 6.76. The number of hydrogen-bond acceptors (Lipinski definition) is 3. The molecule has 0 amide bonds. The Kier molecular flexibility index (Phi) is 8.17. The van der Waals surface area contributed by atoms with Crippen molar-refractivity contribution >= 4 is 39.6 Å². The van der Waals surface area contributed by atoms with Crippen LogP contribution in [0.3, 0.4) is 0 Å². The zero-order valence-electron chi connectivity index (χ0n) is 37.4. The monoisotopic (exact) mass is 895 g/mol. The van der Waals surface area contributed by atoms with E-state index in [9.17, 15) is 0 Å². The number of nitrogens with zero attached hydrogens (tertiary/aromatic N) is 1. The van der Waals surface area contributed by atoms with Crippen LogP contribution < -0.4 is 9.64 Å². The number of anilines is 3. The molecule has 4 aliphatic rings. The molecular weight excluding hydrogens is 855 g/mol. The van der Waals surface area contributed by atoms with E-state index in [4.69, 9.17) is 4.74 Å². The fourth-order valence-corrected chi connectivity index (χ4v) is 14.0. The maximum Gasteiger partial charge on any atom is 0.132 e. The summed E-state index contributed by atoms with van der Waals surface area (Å²) in [7, 11) is 0. The van der Waals surface area contributed by atoms with Crippen molar-refractivity contribution in [1.82, 2.24) is 0 Å². The fourth-order valence-electron chi connectivity index (χ4n) is 12.8. The van der Waals surface area contributed by atoms with Gasteiger partial charge in [-0.3, -0.25) is 0 Å². The van der Waals surface area contributed by atoms with Crippen LogP contribution in [-0.4, -0.2) is 0 Å². The third-order valence-corrected chi connectivity index (χ3v) is 16.5. The Morgan fingerprint density at radius 1 is 0.319 bits per heavy atom.